The average molecular weight is 515 g/mol. The first-order valence-electron chi connectivity index (χ1n) is 8.73. The molecule has 18 heteroatoms. The smallest absolute Gasteiger partial charge is 0.300 e. The van der Waals surface area contributed by atoms with Crippen molar-refractivity contribution in [1.82, 2.24) is 0 Å². The number of nitrogens with zero attached hydrogens (tertiary/aromatic N) is 6. The van der Waals surface area contributed by atoms with Crippen molar-refractivity contribution in [2.24, 2.45) is 0 Å². The summed E-state index contributed by atoms with van der Waals surface area (Å²) in [5.41, 5.74) is -3.39. The molecule has 0 bridgehead atoms. The van der Waals surface area contributed by atoms with Gasteiger partial charge >= 0.3 is 11.4 Å². The van der Waals surface area contributed by atoms with Gasteiger partial charge in [-0.25, -0.2) is 20.2 Å². The highest BCUT2D eigenvalue weighted by molar-refractivity contribution is 6.34. The molecule has 16 nitrogen and oxygen atoms in total. The molecular weight excluding hydrogens is 503 g/mol. The second-order valence-electron chi connectivity index (χ2n) is 6.26. The van der Waals surface area contributed by atoms with Crippen molar-refractivity contribution in [1.29, 1.82) is 10.8 Å². The number of hydrazine groups is 2. The molecule has 0 saturated heterocycles. The van der Waals surface area contributed by atoms with Crippen LogP contribution in [0.25, 0.3) is 0 Å². The second kappa shape index (κ2) is 10.5. The molecule has 0 aliphatic heterocycles. The van der Waals surface area contributed by atoms with Crippen LogP contribution in [0.1, 0.15) is 11.1 Å². The van der Waals surface area contributed by atoms with Crippen LogP contribution < -0.4 is 10.0 Å². The lowest BCUT2D eigenvalue weighted by Crippen LogP contribution is -2.42. The van der Waals surface area contributed by atoms with Gasteiger partial charge in [-0.3, -0.25) is 20.2 Å². The average Bonchev–Trinajstić information content (AvgIpc) is 2.76. The number of anilines is 2. The number of halogens is 2. The van der Waals surface area contributed by atoms with Crippen molar-refractivity contribution in [2.45, 2.75) is 0 Å². The maximum Gasteiger partial charge on any atom is 0.300 e. The normalized spacial score (nSPS) is 10.3. The van der Waals surface area contributed by atoms with Crippen LogP contribution in [0.5, 0.6) is 0 Å². The Morgan fingerprint density at radius 3 is 1.71 bits per heavy atom. The lowest BCUT2D eigenvalue weighted by Gasteiger charge is -2.20. The quantitative estimate of drug-likeness (QED) is 0.251. The van der Waals surface area contributed by atoms with Gasteiger partial charge in [0.25, 0.3) is 0 Å². The third-order valence-corrected chi connectivity index (χ3v) is 4.81. The minimum atomic E-state index is -1.09. The van der Waals surface area contributed by atoms with Gasteiger partial charge in [-0.05, 0) is 12.1 Å². The molecule has 0 spiro atoms. The van der Waals surface area contributed by atoms with Crippen LogP contribution in [-0.2, 0) is 0 Å². The summed E-state index contributed by atoms with van der Waals surface area (Å²) in [6.07, 6.45) is 1.31. The van der Waals surface area contributed by atoms with Crippen LogP contribution >= 0.6 is 23.2 Å². The summed E-state index contributed by atoms with van der Waals surface area (Å²) >= 11 is 11.8. The second-order valence-corrected chi connectivity index (χ2v) is 7.10. The van der Waals surface area contributed by atoms with Gasteiger partial charge in [0.2, 0.25) is 5.69 Å². The molecule has 2 aromatic rings. The molecule has 0 amide bonds. The zero-order chi connectivity index (χ0) is 25.7. The number of hydrogen-bond donors (Lipinski definition) is 2. The third-order valence-electron chi connectivity index (χ3n) is 4.30. The molecule has 0 aliphatic carbocycles. The van der Waals surface area contributed by atoms with Gasteiger partial charge in [0, 0.05) is 40.7 Å². The Balaban J connectivity index is 2.60. The minimum absolute atomic E-state index is 0.0249. The van der Waals surface area contributed by atoms with Crippen LogP contribution in [0.3, 0.4) is 0 Å². The number of benzene rings is 2. The van der Waals surface area contributed by atoms with E-state index in [4.69, 9.17) is 34.0 Å². The molecular formula is C16H12Cl2N8O8. The van der Waals surface area contributed by atoms with Gasteiger partial charge in [0.05, 0.1) is 14.9 Å². The lowest BCUT2D eigenvalue weighted by molar-refractivity contribution is -0.506. The Hall–Kier alpha value is -4.44. The van der Waals surface area contributed by atoms with Crippen molar-refractivity contribution in [3.8, 4) is 0 Å². The van der Waals surface area contributed by atoms with Crippen LogP contribution in [0.4, 0.5) is 22.7 Å². The highest BCUT2D eigenvalue weighted by atomic mass is 35.5. The first-order valence-corrected chi connectivity index (χ1v) is 9.49. The third kappa shape index (κ3) is 5.30. The fourth-order valence-corrected chi connectivity index (χ4v) is 3.50. The summed E-state index contributed by atoms with van der Waals surface area (Å²) < 4.78 is 0. The molecule has 0 aliphatic rings. The molecule has 0 radical (unpaired) electrons. The standard InChI is InChI=1S/C16H12Cl2N8O8/c17-11-5-10(8-20)15(14(6-11)24(29)30)21(25(31)32)1-2-22(26(33)34)16-12(18)3-9(7-19)4-13(16)23(27)28/h3-8,19-20H,1-2H2. The van der Waals surface area contributed by atoms with E-state index >= 15 is 0 Å². The van der Waals surface area contributed by atoms with Gasteiger partial charge in [-0.2, -0.15) is 0 Å². The fourth-order valence-electron chi connectivity index (χ4n) is 2.96. The molecule has 2 rings (SSSR count). The summed E-state index contributed by atoms with van der Waals surface area (Å²) in [5, 5.41) is 58.5. The SMILES string of the molecule is N=Cc1cc(Cl)c(N(CCN(c2c(C=N)cc(Cl)cc2[N+](=O)[O-])[N+](=O)[O-])[N+](=O)[O-])c([N+](=O)[O-])c1. The van der Waals surface area contributed by atoms with Crippen molar-refractivity contribution in [2.75, 3.05) is 23.1 Å². The fraction of sp³-hybridized carbons (Fsp3) is 0.125. The summed E-state index contributed by atoms with van der Waals surface area (Å²) in [5.74, 6) is 0. The van der Waals surface area contributed by atoms with Crippen molar-refractivity contribution in [3.63, 3.8) is 0 Å². The molecule has 2 N–H and O–H groups in total. The molecule has 0 aromatic heterocycles. The topological polar surface area (TPSA) is 227 Å². The Bertz CT molecular complexity index is 1220. The predicted molar refractivity (Wildman–Crippen MR) is 121 cm³/mol. The van der Waals surface area contributed by atoms with Gasteiger partial charge in [0.15, 0.2) is 15.8 Å². The van der Waals surface area contributed by atoms with Crippen molar-refractivity contribution < 1.29 is 19.9 Å². The number of nitro groups is 4. The van der Waals surface area contributed by atoms with Gasteiger partial charge < -0.3 is 10.8 Å². The zero-order valence-corrected chi connectivity index (χ0v) is 18.1. The maximum atomic E-state index is 11.7. The zero-order valence-electron chi connectivity index (χ0n) is 16.6. The number of hydrogen-bond acceptors (Lipinski definition) is 10. The van der Waals surface area contributed by atoms with Crippen molar-refractivity contribution >= 4 is 58.4 Å². The van der Waals surface area contributed by atoms with Crippen LogP contribution in [0.15, 0.2) is 24.3 Å². The molecule has 0 fully saturated rings. The first kappa shape index (κ1) is 25.8. The van der Waals surface area contributed by atoms with Crippen LogP contribution in [0.2, 0.25) is 10.0 Å². The maximum absolute atomic E-state index is 11.7. The van der Waals surface area contributed by atoms with E-state index in [0.717, 1.165) is 30.5 Å². The summed E-state index contributed by atoms with van der Waals surface area (Å²) in [7, 11) is 0. The van der Waals surface area contributed by atoms with Crippen LogP contribution in [-0.4, -0.2) is 45.4 Å². The summed E-state index contributed by atoms with van der Waals surface area (Å²) in [6.45, 7) is -1.78. The Labute approximate surface area is 198 Å². The van der Waals surface area contributed by atoms with E-state index in [-0.39, 0.29) is 26.2 Å². The highest BCUT2D eigenvalue weighted by Crippen LogP contribution is 2.38. The molecule has 0 heterocycles. The van der Waals surface area contributed by atoms with E-state index in [9.17, 15) is 40.5 Å². The van der Waals surface area contributed by atoms with E-state index < -0.39 is 60.8 Å². The van der Waals surface area contributed by atoms with Gasteiger partial charge in [-0.15, -0.1) is 0 Å². The molecule has 0 atom stereocenters. The molecule has 2 aromatic carbocycles. The summed E-state index contributed by atoms with van der Waals surface area (Å²) in [6, 6.07) is 3.77. The molecule has 34 heavy (non-hydrogen) atoms. The number of rotatable bonds is 11. The van der Waals surface area contributed by atoms with Gasteiger partial charge in [0.1, 0.15) is 13.1 Å². The van der Waals surface area contributed by atoms with Crippen molar-refractivity contribution in [3.05, 3.63) is 85.9 Å². The molecule has 0 unspecified atom stereocenters. The lowest BCUT2D eigenvalue weighted by atomic mass is 10.1. The molecule has 178 valence electrons. The summed E-state index contributed by atoms with van der Waals surface area (Å²) in [4.78, 5) is 44.4. The predicted octanol–water partition coefficient (Wildman–Crippen LogP) is 3.50. The van der Waals surface area contributed by atoms with E-state index in [1.807, 2.05) is 0 Å². The van der Waals surface area contributed by atoms with Crippen LogP contribution in [0, 0.1) is 51.3 Å². The number of nitrogens with one attached hydrogen (secondary N) is 2. The highest BCUT2D eigenvalue weighted by Gasteiger charge is 2.35. The Kier molecular flexibility index (Phi) is 7.94. The minimum Gasteiger partial charge on any atom is -0.308 e. The van der Waals surface area contributed by atoms with E-state index in [1.54, 1.807) is 0 Å². The Morgan fingerprint density at radius 2 is 1.26 bits per heavy atom. The number of nitro benzene ring substituents is 2. The molecule has 0 saturated carbocycles. The van der Waals surface area contributed by atoms with E-state index in [0.29, 0.717) is 6.21 Å². The largest absolute Gasteiger partial charge is 0.308 e. The monoisotopic (exact) mass is 514 g/mol. The Morgan fingerprint density at radius 1 is 0.765 bits per heavy atom. The van der Waals surface area contributed by atoms with E-state index in [1.165, 1.54) is 0 Å². The van der Waals surface area contributed by atoms with E-state index in [2.05, 4.69) is 0 Å². The first-order chi connectivity index (χ1) is 15.9. The van der Waals surface area contributed by atoms with Gasteiger partial charge in [-0.1, -0.05) is 33.2 Å².